The van der Waals surface area contributed by atoms with E-state index in [0.29, 0.717) is 0 Å². The maximum Gasteiger partial charge on any atom is 0.432 e. The van der Waals surface area contributed by atoms with Gasteiger partial charge in [0, 0.05) is 5.56 Å². The van der Waals surface area contributed by atoms with Crippen LogP contribution in [0.1, 0.15) is 65.0 Å². The van der Waals surface area contributed by atoms with Gasteiger partial charge in [0.2, 0.25) is 5.60 Å². The summed E-state index contributed by atoms with van der Waals surface area (Å²) in [4.78, 5) is 0. The third-order valence-corrected chi connectivity index (χ3v) is 3.92. The van der Waals surface area contributed by atoms with Gasteiger partial charge in [0.25, 0.3) is 5.95 Å². The number of ether oxygens (including phenoxy) is 2. The highest BCUT2D eigenvalue weighted by Crippen LogP contribution is 2.44. The summed E-state index contributed by atoms with van der Waals surface area (Å²) in [5.41, 5.74) is -2.20. The molecule has 0 heterocycles. The first kappa shape index (κ1) is 20.4. The molecule has 0 N–H and O–H groups in total. The number of alkyl halides is 3. The van der Waals surface area contributed by atoms with Gasteiger partial charge in [-0.25, -0.2) is 0 Å². The second-order valence-corrected chi connectivity index (χ2v) is 7.15. The number of rotatable bonds is 6. The van der Waals surface area contributed by atoms with Crippen molar-refractivity contribution in [3.05, 3.63) is 47.9 Å². The fourth-order valence-electron chi connectivity index (χ4n) is 2.24. The van der Waals surface area contributed by atoms with Crippen molar-refractivity contribution in [2.24, 2.45) is 0 Å². The average Bonchev–Trinajstić information content (AvgIpc) is 2.43. The summed E-state index contributed by atoms with van der Waals surface area (Å²) in [5.74, 6) is -0.0652. The summed E-state index contributed by atoms with van der Waals surface area (Å²) in [6.45, 7) is 13.7. The summed E-state index contributed by atoms with van der Waals surface area (Å²) in [5, 5.41) is 0. The second kappa shape index (κ2) is 7.08. The monoisotopic (exact) mass is 344 g/mol. The zero-order valence-corrected chi connectivity index (χ0v) is 15.3. The predicted octanol–water partition coefficient (Wildman–Crippen LogP) is 6.28. The Balaban J connectivity index is 3.15. The Kier molecular flexibility index (Phi) is 6.01. The van der Waals surface area contributed by atoms with E-state index >= 15 is 0 Å². The molecule has 0 radical (unpaired) electrons. The van der Waals surface area contributed by atoms with Crippen molar-refractivity contribution in [3.63, 3.8) is 0 Å². The van der Waals surface area contributed by atoms with Crippen LogP contribution in [-0.2, 0) is 15.1 Å². The number of hydrogen-bond acceptors (Lipinski definition) is 2. The predicted molar refractivity (Wildman–Crippen MR) is 89.6 cm³/mol. The Bertz CT molecular complexity index is 555. The third-order valence-electron chi connectivity index (χ3n) is 3.92. The van der Waals surface area contributed by atoms with Crippen LogP contribution in [0.4, 0.5) is 13.2 Å². The first-order valence-corrected chi connectivity index (χ1v) is 8.04. The maximum atomic E-state index is 13.7. The molecule has 2 unspecified atom stereocenters. The summed E-state index contributed by atoms with van der Waals surface area (Å²) >= 11 is 0. The lowest BCUT2D eigenvalue weighted by atomic mass is 9.91. The Morgan fingerprint density at radius 2 is 1.54 bits per heavy atom. The van der Waals surface area contributed by atoms with E-state index in [-0.39, 0.29) is 17.4 Å². The largest absolute Gasteiger partial charge is 0.460 e. The first-order valence-electron chi connectivity index (χ1n) is 8.04. The van der Waals surface area contributed by atoms with E-state index in [4.69, 9.17) is 9.47 Å². The van der Waals surface area contributed by atoms with E-state index < -0.39 is 17.4 Å². The molecule has 0 aliphatic carbocycles. The molecule has 0 saturated heterocycles. The van der Waals surface area contributed by atoms with Gasteiger partial charge in [0.15, 0.2) is 0 Å². The molecule has 0 aromatic heterocycles. The fourth-order valence-corrected chi connectivity index (χ4v) is 2.24. The van der Waals surface area contributed by atoms with Crippen LogP contribution in [0, 0.1) is 0 Å². The van der Waals surface area contributed by atoms with Gasteiger partial charge in [-0.1, -0.05) is 38.1 Å². The lowest BCUT2D eigenvalue weighted by molar-refractivity contribution is -0.281. The molecule has 0 amide bonds. The van der Waals surface area contributed by atoms with Crippen molar-refractivity contribution in [2.75, 3.05) is 0 Å². The van der Waals surface area contributed by atoms with Crippen LogP contribution >= 0.6 is 0 Å². The van der Waals surface area contributed by atoms with Gasteiger partial charge in [0.05, 0.1) is 0 Å². The van der Waals surface area contributed by atoms with Gasteiger partial charge in [-0.3, -0.25) is 0 Å². The van der Waals surface area contributed by atoms with Gasteiger partial charge in [-0.05, 0) is 52.2 Å². The molecule has 2 nitrogen and oxygen atoms in total. The standard InChI is InChI=1S/C19H27F3O2/c1-8-13(2)15-9-11-16(12-10-15)18(7,19(20,21)22)24-14(3)23-17(4,5)6/h9-13H,3,8H2,1-2,4-7H3. The van der Waals surface area contributed by atoms with E-state index in [2.05, 4.69) is 6.58 Å². The topological polar surface area (TPSA) is 18.5 Å². The molecule has 1 rings (SSSR count). The van der Waals surface area contributed by atoms with Gasteiger partial charge in [0.1, 0.15) is 5.60 Å². The Morgan fingerprint density at radius 1 is 1.04 bits per heavy atom. The molecule has 1 aromatic carbocycles. The molecule has 0 spiro atoms. The van der Waals surface area contributed by atoms with Crippen LogP contribution in [0.5, 0.6) is 0 Å². The van der Waals surface area contributed by atoms with Crippen molar-refractivity contribution in [1.82, 2.24) is 0 Å². The van der Waals surface area contributed by atoms with Crippen LogP contribution in [0.2, 0.25) is 0 Å². The second-order valence-electron chi connectivity index (χ2n) is 7.15. The number of benzene rings is 1. The molecule has 2 atom stereocenters. The third kappa shape index (κ3) is 4.92. The van der Waals surface area contributed by atoms with E-state index in [1.807, 2.05) is 13.8 Å². The minimum atomic E-state index is -4.62. The molecule has 0 fully saturated rings. The van der Waals surface area contributed by atoms with E-state index in [1.54, 1.807) is 32.9 Å². The SMILES string of the molecule is C=C(OC(C)(C)C)OC(C)(c1ccc(C(C)CC)cc1)C(F)(F)F. The highest BCUT2D eigenvalue weighted by atomic mass is 19.4. The highest BCUT2D eigenvalue weighted by Gasteiger charge is 2.55. The Morgan fingerprint density at radius 3 is 1.92 bits per heavy atom. The minimum absolute atomic E-state index is 0.0145. The van der Waals surface area contributed by atoms with Crippen LogP contribution in [0.15, 0.2) is 36.8 Å². The van der Waals surface area contributed by atoms with Gasteiger partial charge in [-0.15, -0.1) is 0 Å². The molecular formula is C19H27F3O2. The molecule has 5 heteroatoms. The van der Waals surface area contributed by atoms with Crippen molar-refractivity contribution in [2.45, 2.75) is 71.3 Å². The quantitative estimate of drug-likeness (QED) is 0.565. The van der Waals surface area contributed by atoms with E-state index in [9.17, 15) is 13.2 Å². The molecule has 0 aliphatic rings. The molecule has 136 valence electrons. The normalized spacial score (nSPS) is 16.2. The Labute approximate surface area is 142 Å². The summed E-state index contributed by atoms with van der Waals surface area (Å²) < 4.78 is 51.5. The number of hydrogen-bond donors (Lipinski definition) is 0. The number of halogens is 3. The van der Waals surface area contributed by atoms with Crippen molar-refractivity contribution >= 4 is 0 Å². The van der Waals surface area contributed by atoms with Crippen molar-refractivity contribution in [3.8, 4) is 0 Å². The van der Waals surface area contributed by atoms with Crippen LogP contribution in [-0.4, -0.2) is 11.8 Å². The van der Waals surface area contributed by atoms with Crippen LogP contribution in [0.25, 0.3) is 0 Å². The molecule has 1 aromatic rings. The van der Waals surface area contributed by atoms with E-state index in [0.717, 1.165) is 18.9 Å². The smallest absolute Gasteiger partial charge is 0.432 e. The maximum absolute atomic E-state index is 13.7. The lowest BCUT2D eigenvalue weighted by Gasteiger charge is -2.35. The van der Waals surface area contributed by atoms with Gasteiger partial charge >= 0.3 is 6.18 Å². The van der Waals surface area contributed by atoms with Crippen LogP contribution in [0.3, 0.4) is 0 Å². The van der Waals surface area contributed by atoms with Crippen LogP contribution < -0.4 is 0 Å². The molecule has 0 bridgehead atoms. The van der Waals surface area contributed by atoms with Gasteiger partial charge in [-0.2, -0.15) is 13.2 Å². The lowest BCUT2D eigenvalue weighted by Crippen LogP contribution is -2.42. The zero-order valence-electron chi connectivity index (χ0n) is 15.3. The Hall–Kier alpha value is -1.65. The minimum Gasteiger partial charge on any atom is -0.460 e. The average molecular weight is 344 g/mol. The highest BCUT2D eigenvalue weighted by molar-refractivity contribution is 5.30. The molecule has 24 heavy (non-hydrogen) atoms. The molecule has 0 aliphatic heterocycles. The van der Waals surface area contributed by atoms with Gasteiger partial charge < -0.3 is 9.47 Å². The van der Waals surface area contributed by atoms with Crippen molar-refractivity contribution in [1.29, 1.82) is 0 Å². The van der Waals surface area contributed by atoms with Crippen molar-refractivity contribution < 1.29 is 22.6 Å². The summed E-state index contributed by atoms with van der Waals surface area (Å²) in [7, 11) is 0. The first-order chi connectivity index (χ1) is 10.8. The fraction of sp³-hybridized carbons (Fsp3) is 0.579. The zero-order chi connectivity index (χ0) is 18.8. The summed E-state index contributed by atoms with van der Waals surface area (Å²) in [6.07, 6.45) is -3.70. The molecular weight excluding hydrogens is 317 g/mol. The van der Waals surface area contributed by atoms with E-state index in [1.165, 1.54) is 12.1 Å². The summed E-state index contributed by atoms with van der Waals surface area (Å²) in [6, 6.07) is 6.34. The molecule has 0 saturated carbocycles.